The highest BCUT2D eigenvalue weighted by molar-refractivity contribution is 8.00. The van der Waals surface area contributed by atoms with Crippen molar-refractivity contribution in [3.63, 3.8) is 0 Å². The molecule has 0 fully saturated rings. The summed E-state index contributed by atoms with van der Waals surface area (Å²) in [6.07, 6.45) is 0.462. The molecule has 2 rings (SSSR count). The minimum Gasteiger partial charge on any atom is -0.396 e. The normalized spacial score (nSPS) is 12.3. The second-order valence-corrected chi connectivity index (χ2v) is 6.75. The summed E-state index contributed by atoms with van der Waals surface area (Å²) >= 11 is 1.27. The summed E-state index contributed by atoms with van der Waals surface area (Å²) in [6, 6.07) is 7.15. The number of nitrogens with zero attached hydrogens (tertiary/aromatic N) is 3. The number of fused-ring (bicyclic) bond motifs is 1. The van der Waals surface area contributed by atoms with Crippen molar-refractivity contribution in [2.24, 2.45) is 0 Å². The summed E-state index contributed by atoms with van der Waals surface area (Å²) in [4.78, 5) is 30.8. The van der Waals surface area contributed by atoms with Crippen LogP contribution in [0, 0.1) is 0 Å². The van der Waals surface area contributed by atoms with Crippen LogP contribution in [0.25, 0.3) is 10.9 Å². The van der Waals surface area contributed by atoms with Gasteiger partial charge in [0.2, 0.25) is 5.91 Å². The first kappa shape index (κ1) is 17.5. The number of aliphatic hydroxyl groups excluding tert-OH is 1. The minimum atomic E-state index is -0.349. The fourth-order valence-electron chi connectivity index (χ4n) is 2.24. The Hall–Kier alpha value is -1.86. The molecule has 0 aliphatic rings. The smallest absolute Gasteiger partial charge is 0.262 e. The molecule has 124 valence electrons. The van der Waals surface area contributed by atoms with Crippen LogP contribution in [0.3, 0.4) is 0 Å². The first-order chi connectivity index (χ1) is 11.0. The maximum Gasteiger partial charge on any atom is 0.262 e. The van der Waals surface area contributed by atoms with E-state index in [1.807, 2.05) is 6.07 Å². The quantitative estimate of drug-likeness (QED) is 0.637. The van der Waals surface area contributed by atoms with E-state index in [4.69, 9.17) is 5.11 Å². The molecular formula is C16H21N3O3S. The van der Waals surface area contributed by atoms with Gasteiger partial charge >= 0.3 is 0 Å². The molecule has 7 heteroatoms. The van der Waals surface area contributed by atoms with Crippen LogP contribution < -0.4 is 5.56 Å². The average molecular weight is 335 g/mol. The van der Waals surface area contributed by atoms with E-state index < -0.39 is 0 Å². The molecule has 1 unspecified atom stereocenters. The molecule has 6 nitrogen and oxygen atoms in total. The van der Waals surface area contributed by atoms with Gasteiger partial charge < -0.3 is 10.0 Å². The highest BCUT2D eigenvalue weighted by Gasteiger charge is 2.20. The Bertz CT molecular complexity index is 758. The second kappa shape index (κ2) is 7.61. The molecule has 0 aliphatic carbocycles. The van der Waals surface area contributed by atoms with Crippen molar-refractivity contribution in [2.75, 3.05) is 20.7 Å². The largest absolute Gasteiger partial charge is 0.396 e. The zero-order valence-electron chi connectivity index (χ0n) is 13.5. The van der Waals surface area contributed by atoms with Crippen molar-refractivity contribution in [2.45, 2.75) is 30.3 Å². The molecule has 1 amide bonds. The van der Waals surface area contributed by atoms with Crippen molar-refractivity contribution in [3.8, 4) is 0 Å². The molecule has 0 saturated heterocycles. The Morgan fingerprint density at radius 1 is 1.39 bits per heavy atom. The maximum atomic E-state index is 12.7. The lowest BCUT2D eigenvalue weighted by Crippen LogP contribution is -2.31. The molecule has 1 atom stereocenters. The molecule has 0 radical (unpaired) electrons. The summed E-state index contributed by atoms with van der Waals surface area (Å²) in [5.41, 5.74) is 0.473. The van der Waals surface area contributed by atoms with Crippen LogP contribution in [0.2, 0.25) is 0 Å². The summed E-state index contributed by atoms with van der Waals surface area (Å²) in [7, 11) is 3.40. The third-order valence-corrected chi connectivity index (χ3v) is 4.51. The van der Waals surface area contributed by atoms with E-state index in [1.165, 1.54) is 16.7 Å². The van der Waals surface area contributed by atoms with Crippen molar-refractivity contribution in [1.82, 2.24) is 14.5 Å². The molecule has 0 spiro atoms. The van der Waals surface area contributed by atoms with E-state index in [9.17, 15) is 9.59 Å². The molecule has 1 aromatic heterocycles. The van der Waals surface area contributed by atoms with Gasteiger partial charge in [0.15, 0.2) is 5.16 Å². The van der Waals surface area contributed by atoms with Crippen molar-refractivity contribution in [1.29, 1.82) is 0 Å². The predicted octanol–water partition coefficient (Wildman–Crippen LogP) is 1.35. The SMILES string of the molecule is CC(Sc1nc2ccccc2c(=O)n1CCCO)C(=O)N(C)C. The number of carbonyl (C=O) groups is 1. The van der Waals surface area contributed by atoms with E-state index in [1.54, 1.807) is 43.8 Å². The van der Waals surface area contributed by atoms with Crippen LogP contribution >= 0.6 is 11.8 Å². The van der Waals surface area contributed by atoms with E-state index in [-0.39, 0.29) is 23.3 Å². The lowest BCUT2D eigenvalue weighted by Gasteiger charge is -2.18. The molecule has 0 saturated carbocycles. The average Bonchev–Trinajstić information content (AvgIpc) is 2.53. The van der Waals surface area contributed by atoms with E-state index in [2.05, 4.69) is 4.98 Å². The molecule has 0 aliphatic heterocycles. The topological polar surface area (TPSA) is 75.4 Å². The molecule has 1 N–H and O–H groups in total. The number of thioether (sulfide) groups is 1. The number of aromatic nitrogens is 2. The standard InChI is InChI=1S/C16H21N3O3S/c1-11(14(21)18(2)3)23-16-17-13-8-5-4-7-12(13)15(22)19(16)9-6-10-20/h4-5,7-8,11,20H,6,9-10H2,1-3H3. The van der Waals surface area contributed by atoms with Gasteiger partial charge in [0.05, 0.1) is 16.2 Å². The van der Waals surface area contributed by atoms with Gasteiger partial charge in [-0.1, -0.05) is 23.9 Å². The number of hydrogen-bond acceptors (Lipinski definition) is 5. The summed E-state index contributed by atoms with van der Waals surface area (Å²) in [5, 5.41) is 9.76. The van der Waals surface area contributed by atoms with Crippen LogP contribution in [0.1, 0.15) is 13.3 Å². The monoisotopic (exact) mass is 335 g/mol. The molecule has 1 heterocycles. The van der Waals surface area contributed by atoms with E-state index in [0.29, 0.717) is 29.0 Å². The van der Waals surface area contributed by atoms with Gasteiger partial charge in [-0.15, -0.1) is 0 Å². The number of aliphatic hydroxyl groups is 1. The van der Waals surface area contributed by atoms with Gasteiger partial charge in [0.1, 0.15) is 0 Å². The maximum absolute atomic E-state index is 12.7. The van der Waals surface area contributed by atoms with E-state index in [0.717, 1.165) is 0 Å². The first-order valence-corrected chi connectivity index (χ1v) is 8.32. The van der Waals surface area contributed by atoms with Crippen LogP contribution in [0.4, 0.5) is 0 Å². The summed E-state index contributed by atoms with van der Waals surface area (Å²) < 4.78 is 1.54. The van der Waals surface area contributed by atoms with Gasteiger partial charge in [-0.25, -0.2) is 4.98 Å². The summed E-state index contributed by atoms with van der Waals surface area (Å²) in [5.74, 6) is -0.0360. The van der Waals surface area contributed by atoms with Crippen LogP contribution in [-0.2, 0) is 11.3 Å². The Morgan fingerprint density at radius 2 is 2.09 bits per heavy atom. The molecule has 2 aromatic rings. The third-order valence-electron chi connectivity index (χ3n) is 3.44. The van der Waals surface area contributed by atoms with Gasteiger partial charge in [-0.05, 0) is 25.5 Å². The second-order valence-electron chi connectivity index (χ2n) is 5.44. The van der Waals surface area contributed by atoms with Crippen LogP contribution in [0.15, 0.2) is 34.2 Å². The first-order valence-electron chi connectivity index (χ1n) is 7.44. The predicted molar refractivity (Wildman–Crippen MR) is 91.7 cm³/mol. The van der Waals surface area contributed by atoms with Gasteiger partial charge in [-0.3, -0.25) is 14.2 Å². The number of hydrogen-bond donors (Lipinski definition) is 1. The van der Waals surface area contributed by atoms with Crippen molar-refractivity contribution < 1.29 is 9.90 Å². The number of rotatable bonds is 6. The van der Waals surface area contributed by atoms with E-state index >= 15 is 0 Å². The Labute approximate surface area is 139 Å². The minimum absolute atomic E-state index is 0.00441. The van der Waals surface area contributed by atoms with Crippen LogP contribution in [0.5, 0.6) is 0 Å². The molecule has 1 aromatic carbocycles. The van der Waals surface area contributed by atoms with Crippen molar-refractivity contribution in [3.05, 3.63) is 34.6 Å². The zero-order valence-corrected chi connectivity index (χ0v) is 14.3. The van der Waals surface area contributed by atoms with Crippen molar-refractivity contribution >= 4 is 28.6 Å². The lowest BCUT2D eigenvalue weighted by molar-refractivity contribution is -0.127. The fourth-order valence-corrected chi connectivity index (χ4v) is 3.32. The Balaban J connectivity index is 2.47. The van der Waals surface area contributed by atoms with Gasteiger partial charge in [-0.2, -0.15) is 0 Å². The molecule has 0 bridgehead atoms. The number of para-hydroxylation sites is 1. The van der Waals surface area contributed by atoms with Gasteiger partial charge in [0.25, 0.3) is 5.56 Å². The highest BCUT2D eigenvalue weighted by atomic mass is 32.2. The molecule has 23 heavy (non-hydrogen) atoms. The number of amides is 1. The lowest BCUT2D eigenvalue weighted by atomic mass is 10.2. The van der Waals surface area contributed by atoms with Crippen LogP contribution in [-0.4, -0.2) is 51.4 Å². The number of carbonyl (C=O) groups excluding carboxylic acids is 1. The zero-order chi connectivity index (χ0) is 17.0. The van der Waals surface area contributed by atoms with Gasteiger partial charge in [0, 0.05) is 27.2 Å². The Kier molecular flexibility index (Phi) is 5.79. The molecular weight excluding hydrogens is 314 g/mol. The summed E-state index contributed by atoms with van der Waals surface area (Å²) in [6.45, 7) is 2.17. The number of benzene rings is 1. The highest BCUT2D eigenvalue weighted by Crippen LogP contribution is 2.23. The third kappa shape index (κ3) is 3.92. The Morgan fingerprint density at radius 3 is 2.74 bits per heavy atom. The fraction of sp³-hybridized carbons (Fsp3) is 0.438.